The highest BCUT2D eigenvalue weighted by Gasteiger charge is 2.37. The second kappa shape index (κ2) is 46.3. The molecule has 774 valence electrons. The van der Waals surface area contributed by atoms with E-state index in [1.807, 2.05) is 224 Å². The van der Waals surface area contributed by atoms with Gasteiger partial charge in [0, 0.05) is 103 Å². The lowest BCUT2D eigenvalue weighted by Gasteiger charge is -2.25. The fourth-order valence-corrected chi connectivity index (χ4v) is 21.3. The van der Waals surface area contributed by atoms with Crippen molar-refractivity contribution < 1.29 is 76.1 Å². The molecule has 8 heterocycles. The third kappa shape index (κ3) is 22.1. The van der Waals surface area contributed by atoms with Crippen LogP contribution in [0.5, 0.6) is 23.0 Å². The van der Waals surface area contributed by atoms with Crippen LogP contribution in [-0.4, -0.2) is 191 Å². The van der Waals surface area contributed by atoms with Crippen LogP contribution in [0.4, 0.5) is 40.3 Å². The number of carboxylic acids is 4. The minimum atomic E-state index is -1.37. The number of pyridine rings is 4. The van der Waals surface area contributed by atoms with Gasteiger partial charge in [-0.1, -0.05) is 194 Å². The van der Waals surface area contributed by atoms with Crippen LogP contribution in [0.25, 0.3) is 87.8 Å². The molecule has 28 nitrogen and oxygen atoms in total. The van der Waals surface area contributed by atoms with E-state index in [-0.39, 0.29) is 82.3 Å². The maximum atomic E-state index is 15.6. The SMILES string of the molecule is CNC[C@@H]1CCN(c2c(F)cc3c(=O)c(C(=O)O)cn(Cc4ccc(-c5ccccc5)cc4)c3c2OC)C1.CNC[C@@H]1CCN(c2c(F)cc3c(=O)c(C(=O)O)cn(Cc4ccc5ccccc5c4)c3c2OC)C1.CNC[C@@H]1CCN(c2c(F)cc3c(=O)c(C(=O)O)cn(Cc4cccc(-c5ccccc5)c4)c3c2OC)C1.COc1c(N2CC[C@@H](CN)C2)c(F)cc2c(=O)c(C(=O)O)cn(Cc3ccc(-c4ccc(C)cc4)cc3)c12. The Morgan fingerprint density at radius 3 is 0.913 bits per heavy atom. The van der Waals surface area contributed by atoms with Crippen LogP contribution in [0.2, 0.25) is 0 Å². The highest BCUT2D eigenvalue weighted by molar-refractivity contribution is 6.01. The second-order valence-electron chi connectivity index (χ2n) is 38.5. The first kappa shape index (κ1) is 105. The molecule has 0 radical (unpaired) electrons. The van der Waals surface area contributed by atoms with Crippen molar-refractivity contribution in [3.8, 4) is 56.4 Å². The molecule has 0 bridgehead atoms. The Kier molecular flexibility index (Phi) is 32.4. The maximum Gasteiger partial charge on any atom is 0.341 e. The topological polar surface area (TPSA) is 349 Å². The summed E-state index contributed by atoms with van der Waals surface area (Å²) >= 11 is 0. The summed E-state index contributed by atoms with van der Waals surface area (Å²) in [5, 5.41) is 50.5. The van der Waals surface area contributed by atoms with E-state index in [4.69, 9.17) is 24.7 Å². The summed E-state index contributed by atoms with van der Waals surface area (Å²) in [6.45, 7) is 11.2. The lowest BCUT2D eigenvalue weighted by atomic mass is 10.0. The molecular formula is C118H118F4N12O16. The van der Waals surface area contributed by atoms with Crippen molar-refractivity contribution >= 4 is 101 Å². The number of anilines is 4. The molecule has 4 aliphatic heterocycles. The van der Waals surface area contributed by atoms with Gasteiger partial charge in [0.2, 0.25) is 21.7 Å². The first-order valence-electron chi connectivity index (χ1n) is 49.8. The molecule has 4 atom stereocenters. The van der Waals surface area contributed by atoms with Crippen LogP contribution >= 0.6 is 0 Å². The number of aromatic nitrogens is 4. The number of hydrogen-bond donors (Lipinski definition) is 8. The van der Waals surface area contributed by atoms with Crippen molar-refractivity contribution in [2.45, 2.75) is 58.8 Å². The molecule has 0 unspecified atom stereocenters. The average molecular weight is 2040 g/mol. The highest BCUT2D eigenvalue weighted by Crippen LogP contribution is 2.47. The van der Waals surface area contributed by atoms with Gasteiger partial charge in [0.25, 0.3) is 0 Å². The van der Waals surface area contributed by atoms with E-state index in [0.29, 0.717) is 116 Å². The number of nitrogens with one attached hydrogen (secondary N) is 3. The molecule has 4 aromatic heterocycles. The van der Waals surface area contributed by atoms with E-state index in [2.05, 4.69) is 40.2 Å². The normalized spacial score (nSPS) is 15.3. The molecule has 12 aromatic carbocycles. The Balaban J connectivity index is 0.000000136. The molecule has 4 fully saturated rings. The highest BCUT2D eigenvalue weighted by atomic mass is 19.1. The lowest BCUT2D eigenvalue weighted by Crippen LogP contribution is -2.26. The van der Waals surface area contributed by atoms with Crippen LogP contribution in [0.3, 0.4) is 0 Å². The van der Waals surface area contributed by atoms with E-state index in [9.17, 15) is 58.8 Å². The minimum Gasteiger partial charge on any atom is -0.492 e. The van der Waals surface area contributed by atoms with Gasteiger partial charge >= 0.3 is 23.9 Å². The smallest absolute Gasteiger partial charge is 0.341 e. The van der Waals surface area contributed by atoms with Gasteiger partial charge in [-0.2, -0.15) is 0 Å². The fraction of sp³-hybridized carbons (Fsp3) is 0.271. The average Bonchev–Trinajstić information content (AvgIpc) is 1.07. The van der Waals surface area contributed by atoms with E-state index in [1.54, 1.807) is 18.3 Å². The standard InChI is InChI=1S/3C30H30FN3O4.C28H28FN3O4/c1-18-3-7-21(8-4-18)22-9-5-19(6-10-22)15-34-17-24(30(36)37)28(35)23-13-25(31)27(29(38-2)26(23)34)33-12-11-20(14-32)16-33;1-32-15-20-11-12-33(17-20)27-25(31)14-23-26(29(27)38-2)34(18-24(28(23)35)30(36)37)16-19-7-6-10-22(13-19)21-8-4-3-5-9-21;1-32-15-20-12-13-33(17-20)27-25(31)14-23-26(29(27)38-2)34(18-24(28(23)35)30(36)37)16-19-8-10-22(11-9-19)21-6-4-3-5-7-21;1-30-13-18-9-10-31(15-18)25-23(29)12-21-24(27(25)36-2)32(16-22(26(21)33)28(34)35)14-17-7-8-19-5-3-4-6-20(19)11-17/h3-10,13,17,20H,11-12,14-16,32H2,1-2H3,(H,36,37);3-10,13-14,18,20,32H,11-12,15-17H2,1-2H3,(H,36,37);3-11,14,18,20,32H,12-13,15-17H2,1-2H3,(H,36,37);3-8,11-12,16,18,30H,9-10,13-15H2,1-2H3,(H,34,35)/t3*20-;18-/m0000/s1. The summed E-state index contributed by atoms with van der Waals surface area (Å²) in [4.78, 5) is 108. The molecule has 0 amide bonds. The summed E-state index contributed by atoms with van der Waals surface area (Å²) in [5.41, 5.74) is 15.0. The van der Waals surface area contributed by atoms with Gasteiger partial charge in [0.05, 0.1) is 72.1 Å². The number of nitrogens with zero attached hydrogens (tertiary/aromatic N) is 8. The summed E-state index contributed by atoms with van der Waals surface area (Å²) < 4.78 is 91.9. The van der Waals surface area contributed by atoms with Crippen molar-refractivity contribution in [3.05, 3.63) is 363 Å². The zero-order valence-corrected chi connectivity index (χ0v) is 84.5. The molecule has 0 spiro atoms. The molecule has 32 heteroatoms. The predicted molar refractivity (Wildman–Crippen MR) is 580 cm³/mol. The van der Waals surface area contributed by atoms with Crippen LogP contribution < -0.4 is 81.9 Å². The predicted octanol–water partition coefficient (Wildman–Crippen LogP) is 18.0. The number of ether oxygens (including phenoxy) is 4. The third-order valence-electron chi connectivity index (χ3n) is 28.6. The number of carbonyl (C=O) groups is 4. The van der Waals surface area contributed by atoms with E-state index < -0.39 is 91.1 Å². The van der Waals surface area contributed by atoms with Crippen LogP contribution in [-0.2, 0) is 26.2 Å². The second-order valence-corrected chi connectivity index (χ2v) is 38.5. The van der Waals surface area contributed by atoms with Crippen LogP contribution in [0.1, 0.15) is 94.9 Å². The number of halogens is 4. The largest absolute Gasteiger partial charge is 0.492 e. The zero-order chi connectivity index (χ0) is 106. The Hall–Kier alpha value is -16.4. The van der Waals surface area contributed by atoms with Crippen molar-refractivity contribution in [1.29, 1.82) is 0 Å². The van der Waals surface area contributed by atoms with Crippen molar-refractivity contribution in [1.82, 2.24) is 34.2 Å². The third-order valence-corrected chi connectivity index (χ3v) is 28.6. The molecule has 4 saturated heterocycles. The first-order valence-corrected chi connectivity index (χ1v) is 49.8. The Morgan fingerprint density at radius 2 is 0.600 bits per heavy atom. The van der Waals surface area contributed by atoms with Crippen LogP contribution in [0.15, 0.2) is 268 Å². The molecular weight excluding hydrogens is 1920 g/mol. The van der Waals surface area contributed by atoms with Gasteiger partial charge in [-0.25, -0.2) is 36.7 Å². The molecule has 0 aliphatic carbocycles. The van der Waals surface area contributed by atoms with Crippen molar-refractivity contribution in [3.63, 3.8) is 0 Å². The van der Waals surface area contributed by atoms with Gasteiger partial charge in [0.1, 0.15) is 45.0 Å². The fourth-order valence-electron chi connectivity index (χ4n) is 21.3. The summed E-state index contributed by atoms with van der Waals surface area (Å²) in [7, 11) is 11.5. The zero-order valence-electron chi connectivity index (χ0n) is 84.5. The number of methoxy groups -OCH3 is 4. The number of carboxylic acid groups (broad SMARTS) is 4. The number of benzene rings is 12. The molecule has 20 rings (SSSR count). The van der Waals surface area contributed by atoms with Crippen LogP contribution in [0, 0.1) is 53.9 Å². The summed E-state index contributed by atoms with van der Waals surface area (Å²) in [6, 6.07) is 70.5. The van der Waals surface area contributed by atoms with Crippen molar-refractivity contribution in [2.24, 2.45) is 29.4 Å². The van der Waals surface area contributed by atoms with E-state index in [0.717, 1.165) is 136 Å². The van der Waals surface area contributed by atoms with Gasteiger partial charge in [-0.3, -0.25) is 19.2 Å². The van der Waals surface area contributed by atoms with Gasteiger partial charge < -0.3 is 98.9 Å². The molecule has 16 aromatic rings. The summed E-state index contributed by atoms with van der Waals surface area (Å²) in [5.74, 6) is -5.62. The lowest BCUT2D eigenvalue weighted by molar-refractivity contribution is 0.0684. The minimum absolute atomic E-state index is 0.0141. The number of aryl methyl sites for hydroxylation is 1. The quantitative estimate of drug-likeness (QED) is 0.0194. The molecule has 150 heavy (non-hydrogen) atoms. The number of aromatic carboxylic acids is 4. The molecule has 9 N–H and O–H groups in total. The van der Waals surface area contributed by atoms with Crippen molar-refractivity contribution in [2.75, 3.05) is 148 Å². The molecule has 0 saturated carbocycles. The Labute approximate surface area is 862 Å². The molecule has 4 aliphatic rings. The summed E-state index contributed by atoms with van der Waals surface area (Å²) in [6.07, 6.45) is 8.85. The number of rotatable bonds is 30. The number of hydrogen-bond acceptors (Lipinski definition) is 20. The Morgan fingerprint density at radius 1 is 0.327 bits per heavy atom. The number of fused-ring (bicyclic) bond motifs is 5. The monoisotopic (exact) mass is 2030 g/mol. The van der Waals surface area contributed by atoms with E-state index in [1.165, 1.54) is 58.8 Å². The van der Waals surface area contributed by atoms with E-state index >= 15 is 17.6 Å². The number of nitrogens with two attached hydrogens (primary N) is 1. The Bertz CT molecular complexity index is 8030. The maximum absolute atomic E-state index is 15.6. The van der Waals surface area contributed by atoms with Gasteiger partial charge in [-0.05, 0) is 206 Å². The van der Waals surface area contributed by atoms with Gasteiger partial charge in [-0.15, -0.1) is 0 Å². The first-order chi connectivity index (χ1) is 72.5. The van der Waals surface area contributed by atoms with Gasteiger partial charge in [0.15, 0.2) is 46.3 Å².